The quantitative estimate of drug-likeness (QED) is 0.835. The average molecular weight is 340 g/mol. The zero-order valence-corrected chi connectivity index (χ0v) is 13.0. The summed E-state index contributed by atoms with van der Waals surface area (Å²) in [4.78, 5) is 2.00. The molecule has 0 aliphatic heterocycles. The van der Waals surface area contributed by atoms with Crippen LogP contribution in [0.3, 0.4) is 0 Å². The van der Waals surface area contributed by atoms with Gasteiger partial charge in [0, 0.05) is 20.8 Å². The molecule has 0 saturated carbocycles. The van der Waals surface area contributed by atoms with E-state index in [1.165, 1.54) is 11.6 Å². The highest BCUT2D eigenvalue weighted by atomic mass is 79.9. The van der Waals surface area contributed by atoms with Crippen LogP contribution in [-0.2, 0) is 6.54 Å². The minimum Gasteiger partial charge on any atom is -0.313 e. The molecule has 1 N–H and O–H groups in total. The highest BCUT2D eigenvalue weighted by Gasteiger charge is 2.03. The summed E-state index contributed by atoms with van der Waals surface area (Å²) in [5.74, 6) is -0.201. The van der Waals surface area contributed by atoms with Crippen molar-refractivity contribution in [3.8, 4) is 0 Å². The van der Waals surface area contributed by atoms with Crippen molar-refractivity contribution in [1.29, 1.82) is 0 Å². The molecule has 0 aromatic heterocycles. The Kier molecular flexibility index (Phi) is 5.43. The molecule has 0 aliphatic rings. The van der Waals surface area contributed by atoms with Crippen molar-refractivity contribution in [2.75, 3.05) is 6.54 Å². The van der Waals surface area contributed by atoms with Crippen molar-refractivity contribution < 1.29 is 4.39 Å². The minimum atomic E-state index is -0.201. The van der Waals surface area contributed by atoms with E-state index in [1.54, 1.807) is 23.9 Å². The van der Waals surface area contributed by atoms with Gasteiger partial charge in [-0.3, -0.25) is 0 Å². The molecule has 2 aromatic rings. The summed E-state index contributed by atoms with van der Waals surface area (Å²) in [6.45, 7) is 3.89. The van der Waals surface area contributed by atoms with Gasteiger partial charge in [0.25, 0.3) is 0 Å². The van der Waals surface area contributed by atoms with Crippen LogP contribution in [0.4, 0.5) is 4.39 Å². The first kappa shape index (κ1) is 14.6. The normalized spacial score (nSPS) is 10.7. The lowest BCUT2D eigenvalue weighted by Gasteiger charge is -2.08. The van der Waals surface area contributed by atoms with E-state index in [9.17, 15) is 4.39 Å². The van der Waals surface area contributed by atoms with Gasteiger partial charge >= 0.3 is 0 Å². The monoisotopic (exact) mass is 339 g/mol. The summed E-state index contributed by atoms with van der Waals surface area (Å²) in [6.07, 6.45) is 0. The minimum absolute atomic E-state index is 0.201. The van der Waals surface area contributed by atoms with Gasteiger partial charge in [-0.05, 0) is 42.4 Å². The maximum atomic E-state index is 13.1. The molecule has 0 fully saturated rings. The van der Waals surface area contributed by atoms with E-state index in [2.05, 4.69) is 46.4 Å². The van der Waals surface area contributed by atoms with E-state index in [-0.39, 0.29) is 5.82 Å². The Labute approximate surface area is 125 Å². The van der Waals surface area contributed by atoms with Crippen LogP contribution in [-0.4, -0.2) is 6.54 Å². The predicted octanol–water partition coefficient (Wildman–Crippen LogP) is 4.85. The SMILES string of the molecule is CCNCc1ccc(Sc2cccc(F)c2)cc1Br. The molecule has 0 saturated heterocycles. The Morgan fingerprint density at radius 2 is 1.95 bits per heavy atom. The van der Waals surface area contributed by atoms with Crippen LogP contribution < -0.4 is 5.32 Å². The molecule has 0 spiro atoms. The van der Waals surface area contributed by atoms with E-state index in [1.807, 2.05) is 6.07 Å². The molecule has 1 nitrogen and oxygen atoms in total. The van der Waals surface area contributed by atoms with Crippen molar-refractivity contribution in [3.63, 3.8) is 0 Å². The number of benzene rings is 2. The molecule has 100 valence electrons. The van der Waals surface area contributed by atoms with Gasteiger partial charge < -0.3 is 5.32 Å². The fourth-order valence-corrected chi connectivity index (χ4v) is 3.23. The molecule has 0 radical (unpaired) electrons. The van der Waals surface area contributed by atoms with Gasteiger partial charge in [-0.2, -0.15) is 0 Å². The van der Waals surface area contributed by atoms with Crippen molar-refractivity contribution in [2.45, 2.75) is 23.3 Å². The van der Waals surface area contributed by atoms with Gasteiger partial charge in [0.1, 0.15) is 5.82 Å². The Bertz CT molecular complexity index is 560. The summed E-state index contributed by atoms with van der Waals surface area (Å²) >= 11 is 5.14. The molecule has 2 aromatic carbocycles. The number of hydrogen-bond donors (Lipinski definition) is 1. The number of halogens is 2. The first-order valence-electron chi connectivity index (χ1n) is 6.11. The third-order valence-corrected chi connectivity index (χ3v) is 4.34. The first-order valence-corrected chi connectivity index (χ1v) is 7.72. The molecule has 19 heavy (non-hydrogen) atoms. The van der Waals surface area contributed by atoms with Crippen molar-refractivity contribution >= 4 is 27.7 Å². The molecule has 0 amide bonds. The second kappa shape index (κ2) is 7.08. The van der Waals surface area contributed by atoms with Crippen LogP contribution in [0.15, 0.2) is 56.7 Å². The molecule has 0 bridgehead atoms. The van der Waals surface area contributed by atoms with Crippen molar-refractivity contribution in [3.05, 3.63) is 58.3 Å². The third kappa shape index (κ3) is 4.34. The second-order valence-electron chi connectivity index (χ2n) is 4.09. The standard InChI is InChI=1S/C15H15BrFNS/c1-2-18-10-11-6-7-14(9-15(11)16)19-13-5-3-4-12(17)8-13/h3-9,18H,2,10H2,1H3. The van der Waals surface area contributed by atoms with Gasteiger partial charge in [-0.15, -0.1) is 0 Å². The van der Waals surface area contributed by atoms with Crippen LogP contribution in [0.2, 0.25) is 0 Å². The lowest BCUT2D eigenvalue weighted by molar-refractivity contribution is 0.624. The number of hydrogen-bond acceptors (Lipinski definition) is 2. The summed E-state index contributed by atoms with van der Waals surface area (Å²) in [6, 6.07) is 12.9. The van der Waals surface area contributed by atoms with Gasteiger partial charge in [0.05, 0.1) is 0 Å². The smallest absolute Gasteiger partial charge is 0.124 e. The van der Waals surface area contributed by atoms with E-state index < -0.39 is 0 Å². The lowest BCUT2D eigenvalue weighted by Crippen LogP contribution is -2.11. The molecule has 4 heteroatoms. The van der Waals surface area contributed by atoms with Gasteiger partial charge in [-0.25, -0.2) is 4.39 Å². The Balaban J connectivity index is 2.11. The molecule has 2 rings (SSSR count). The average Bonchev–Trinajstić information content (AvgIpc) is 2.38. The zero-order chi connectivity index (χ0) is 13.7. The van der Waals surface area contributed by atoms with Gasteiger partial charge in [0.2, 0.25) is 0 Å². The topological polar surface area (TPSA) is 12.0 Å². The van der Waals surface area contributed by atoms with E-state index in [4.69, 9.17) is 0 Å². The van der Waals surface area contributed by atoms with Crippen LogP contribution >= 0.6 is 27.7 Å². The fraction of sp³-hybridized carbons (Fsp3) is 0.200. The molecule has 0 aliphatic carbocycles. The Morgan fingerprint density at radius 1 is 1.16 bits per heavy atom. The summed E-state index contributed by atoms with van der Waals surface area (Å²) in [5, 5.41) is 3.30. The van der Waals surface area contributed by atoms with E-state index >= 15 is 0 Å². The molecule has 0 unspecified atom stereocenters. The zero-order valence-electron chi connectivity index (χ0n) is 10.6. The van der Waals surface area contributed by atoms with Crippen LogP contribution in [0.5, 0.6) is 0 Å². The Hall–Kier alpha value is -0.840. The maximum Gasteiger partial charge on any atom is 0.124 e. The van der Waals surface area contributed by atoms with E-state index in [0.29, 0.717) is 0 Å². The molecule has 0 heterocycles. The lowest BCUT2D eigenvalue weighted by atomic mass is 10.2. The third-order valence-electron chi connectivity index (χ3n) is 2.62. The van der Waals surface area contributed by atoms with Gasteiger partial charge in [-0.1, -0.05) is 46.7 Å². The summed E-state index contributed by atoms with van der Waals surface area (Å²) in [5.41, 5.74) is 1.23. The largest absolute Gasteiger partial charge is 0.313 e. The van der Waals surface area contributed by atoms with Crippen LogP contribution in [0.25, 0.3) is 0 Å². The van der Waals surface area contributed by atoms with Crippen molar-refractivity contribution in [1.82, 2.24) is 5.32 Å². The van der Waals surface area contributed by atoms with Crippen molar-refractivity contribution in [2.24, 2.45) is 0 Å². The van der Waals surface area contributed by atoms with Crippen LogP contribution in [0.1, 0.15) is 12.5 Å². The highest BCUT2D eigenvalue weighted by Crippen LogP contribution is 2.31. The summed E-state index contributed by atoms with van der Waals surface area (Å²) < 4.78 is 14.2. The van der Waals surface area contributed by atoms with Gasteiger partial charge in [0.15, 0.2) is 0 Å². The molecular formula is C15H15BrFNS. The number of nitrogens with one attached hydrogen (secondary N) is 1. The highest BCUT2D eigenvalue weighted by molar-refractivity contribution is 9.10. The van der Waals surface area contributed by atoms with Crippen LogP contribution in [0, 0.1) is 5.82 Å². The molecule has 0 atom stereocenters. The fourth-order valence-electron chi connectivity index (χ4n) is 1.66. The maximum absolute atomic E-state index is 13.1. The number of rotatable bonds is 5. The second-order valence-corrected chi connectivity index (χ2v) is 6.09. The summed E-state index contributed by atoms with van der Waals surface area (Å²) in [7, 11) is 0. The molecular weight excluding hydrogens is 325 g/mol. The Morgan fingerprint density at radius 3 is 2.63 bits per heavy atom. The van der Waals surface area contributed by atoms with E-state index in [0.717, 1.165) is 27.4 Å². The predicted molar refractivity (Wildman–Crippen MR) is 82.0 cm³/mol. The first-order chi connectivity index (χ1) is 9.19.